The molecule has 6 nitrogen and oxygen atoms in total. The average Bonchev–Trinajstić information content (AvgIpc) is 2.99. The first kappa shape index (κ1) is 17.4. The lowest BCUT2D eigenvalue weighted by atomic mass is 9.78. The lowest BCUT2D eigenvalue weighted by Gasteiger charge is -2.39. The molecule has 1 aromatic heterocycles. The van der Waals surface area contributed by atoms with Gasteiger partial charge in [-0.25, -0.2) is 18.4 Å². The van der Waals surface area contributed by atoms with E-state index >= 15 is 0 Å². The van der Waals surface area contributed by atoms with Crippen molar-refractivity contribution in [1.29, 1.82) is 0 Å². The Morgan fingerprint density at radius 1 is 1.19 bits per heavy atom. The minimum absolute atomic E-state index is 0.180. The average molecular weight is 373 g/mol. The molecule has 4 rings (SSSR count). The Kier molecular flexibility index (Phi) is 4.23. The fourth-order valence-electron chi connectivity index (χ4n) is 4.22. The molecule has 2 aliphatic rings. The van der Waals surface area contributed by atoms with Gasteiger partial charge in [0, 0.05) is 24.7 Å². The first-order valence-electron chi connectivity index (χ1n) is 8.92. The number of hydrogen-bond donors (Lipinski definition) is 0. The van der Waals surface area contributed by atoms with Gasteiger partial charge in [-0.05, 0) is 62.4 Å². The molecule has 0 bridgehead atoms. The Morgan fingerprint density at radius 2 is 1.96 bits per heavy atom. The maximum absolute atomic E-state index is 13.2. The molecule has 2 aromatic rings. The fraction of sp³-hybridized carbons (Fsp3) is 0.474. The molecule has 1 fully saturated rings. The van der Waals surface area contributed by atoms with Crippen molar-refractivity contribution in [3.05, 3.63) is 47.5 Å². The number of nitrogens with zero attached hydrogens (tertiary/aromatic N) is 3. The monoisotopic (exact) mass is 373 g/mol. The van der Waals surface area contributed by atoms with E-state index in [9.17, 15) is 8.42 Å². The van der Waals surface area contributed by atoms with Crippen LogP contribution in [0.5, 0.6) is 5.75 Å². The number of piperidine rings is 1. The number of rotatable bonds is 3. The van der Waals surface area contributed by atoms with Crippen LogP contribution in [0.15, 0.2) is 35.4 Å². The van der Waals surface area contributed by atoms with Gasteiger partial charge in [0.15, 0.2) is 0 Å². The molecule has 0 radical (unpaired) electrons. The predicted octanol–water partition coefficient (Wildman–Crippen LogP) is 2.46. The highest BCUT2D eigenvalue weighted by molar-refractivity contribution is 7.89. The quantitative estimate of drug-likeness (QED) is 0.826. The van der Waals surface area contributed by atoms with Crippen LogP contribution in [-0.2, 0) is 21.9 Å². The maximum Gasteiger partial charge on any atom is 0.243 e. The van der Waals surface area contributed by atoms with Crippen LogP contribution in [0.2, 0.25) is 0 Å². The van der Waals surface area contributed by atoms with Crippen LogP contribution < -0.4 is 4.74 Å². The van der Waals surface area contributed by atoms with E-state index in [2.05, 4.69) is 4.98 Å². The highest BCUT2D eigenvalue weighted by Crippen LogP contribution is 2.44. The zero-order valence-electron chi connectivity index (χ0n) is 15.1. The highest BCUT2D eigenvalue weighted by Gasteiger charge is 2.46. The minimum atomic E-state index is -3.53. The standard InChI is InChI=1S/C19H23N3O3S/c1-14-20-12-15-8-10-19(18(15)21-14)9-3-11-22(13-19)26(23,24)17-6-4-16(25-2)5-7-17/h4-7,12H,3,8-11,13H2,1-2H3. The second kappa shape index (κ2) is 6.32. The third-order valence-corrected chi connectivity index (χ3v) is 7.46. The van der Waals surface area contributed by atoms with E-state index in [1.807, 2.05) is 13.1 Å². The van der Waals surface area contributed by atoms with Gasteiger partial charge in [0.05, 0.1) is 17.7 Å². The Labute approximate surface area is 154 Å². The van der Waals surface area contributed by atoms with E-state index in [-0.39, 0.29) is 5.41 Å². The van der Waals surface area contributed by atoms with Crippen LogP contribution >= 0.6 is 0 Å². The number of benzene rings is 1. The first-order valence-corrected chi connectivity index (χ1v) is 10.4. The van der Waals surface area contributed by atoms with Gasteiger partial charge in [0.2, 0.25) is 10.0 Å². The highest BCUT2D eigenvalue weighted by atomic mass is 32.2. The Balaban J connectivity index is 1.66. The van der Waals surface area contributed by atoms with Crippen LogP contribution in [0.3, 0.4) is 0 Å². The summed E-state index contributed by atoms with van der Waals surface area (Å²) in [4.78, 5) is 9.31. The van der Waals surface area contributed by atoms with Crippen LogP contribution in [-0.4, -0.2) is 42.9 Å². The summed E-state index contributed by atoms with van der Waals surface area (Å²) in [6.07, 6.45) is 5.59. The number of ether oxygens (including phenoxy) is 1. The molecule has 1 aromatic carbocycles. The van der Waals surface area contributed by atoms with Crippen molar-refractivity contribution in [2.45, 2.75) is 42.9 Å². The Hall–Kier alpha value is -1.99. The molecule has 138 valence electrons. The van der Waals surface area contributed by atoms with Crippen LogP contribution in [0, 0.1) is 6.92 Å². The molecular formula is C19H23N3O3S. The van der Waals surface area contributed by atoms with Crippen molar-refractivity contribution in [3.63, 3.8) is 0 Å². The summed E-state index contributed by atoms with van der Waals surface area (Å²) in [7, 11) is -1.96. The van der Waals surface area contributed by atoms with Crippen LogP contribution in [0.25, 0.3) is 0 Å². The van der Waals surface area contributed by atoms with E-state index < -0.39 is 10.0 Å². The molecule has 0 amide bonds. The zero-order valence-corrected chi connectivity index (χ0v) is 15.9. The summed E-state index contributed by atoms with van der Waals surface area (Å²) in [6, 6.07) is 6.61. The van der Waals surface area contributed by atoms with Gasteiger partial charge in [-0.1, -0.05) is 0 Å². The van der Waals surface area contributed by atoms with Crippen molar-refractivity contribution in [2.75, 3.05) is 20.2 Å². The summed E-state index contributed by atoms with van der Waals surface area (Å²) in [5.74, 6) is 1.40. The molecule has 7 heteroatoms. The molecular weight excluding hydrogens is 350 g/mol. The molecule has 1 aliphatic heterocycles. The molecule has 2 heterocycles. The molecule has 1 saturated heterocycles. The maximum atomic E-state index is 13.2. The first-order chi connectivity index (χ1) is 12.4. The predicted molar refractivity (Wildman–Crippen MR) is 97.8 cm³/mol. The third kappa shape index (κ3) is 2.79. The number of hydrogen-bond acceptors (Lipinski definition) is 5. The summed E-state index contributed by atoms with van der Waals surface area (Å²) in [6.45, 7) is 2.93. The van der Waals surface area contributed by atoms with E-state index in [0.29, 0.717) is 23.7 Å². The lowest BCUT2D eigenvalue weighted by Crippen LogP contribution is -2.47. The van der Waals surface area contributed by atoms with E-state index in [1.54, 1.807) is 35.7 Å². The van der Waals surface area contributed by atoms with Gasteiger partial charge in [-0.3, -0.25) is 0 Å². The topological polar surface area (TPSA) is 72.4 Å². The smallest absolute Gasteiger partial charge is 0.243 e. The summed E-state index contributed by atoms with van der Waals surface area (Å²) in [5.41, 5.74) is 2.04. The van der Waals surface area contributed by atoms with Crippen molar-refractivity contribution in [3.8, 4) is 5.75 Å². The minimum Gasteiger partial charge on any atom is -0.497 e. The molecule has 0 N–H and O–H groups in total. The van der Waals surface area contributed by atoms with Crippen molar-refractivity contribution >= 4 is 10.0 Å². The molecule has 1 atom stereocenters. The largest absolute Gasteiger partial charge is 0.497 e. The summed E-state index contributed by atoms with van der Waals surface area (Å²) >= 11 is 0. The van der Waals surface area contributed by atoms with Gasteiger partial charge < -0.3 is 4.74 Å². The van der Waals surface area contributed by atoms with Crippen molar-refractivity contribution in [1.82, 2.24) is 14.3 Å². The lowest BCUT2D eigenvalue weighted by molar-refractivity contribution is 0.219. The number of aromatic nitrogens is 2. The number of aryl methyl sites for hydroxylation is 2. The third-order valence-electron chi connectivity index (χ3n) is 5.60. The number of methoxy groups -OCH3 is 1. The summed E-state index contributed by atoms with van der Waals surface area (Å²) < 4.78 is 33.1. The van der Waals surface area contributed by atoms with Crippen molar-refractivity contribution in [2.24, 2.45) is 0 Å². The van der Waals surface area contributed by atoms with Crippen LogP contribution in [0.4, 0.5) is 0 Å². The van der Waals surface area contributed by atoms with Crippen molar-refractivity contribution < 1.29 is 13.2 Å². The zero-order chi connectivity index (χ0) is 18.4. The Morgan fingerprint density at radius 3 is 2.69 bits per heavy atom. The van der Waals surface area contributed by atoms with Gasteiger partial charge in [0.25, 0.3) is 0 Å². The van der Waals surface area contributed by atoms with Gasteiger partial charge >= 0.3 is 0 Å². The molecule has 1 spiro atoms. The molecule has 1 unspecified atom stereocenters. The normalized spacial score (nSPS) is 23.2. The molecule has 0 saturated carbocycles. The number of fused-ring (bicyclic) bond motifs is 2. The molecule has 1 aliphatic carbocycles. The van der Waals surface area contributed by atoms with E-state index in [0.717, 1.165) is 37.2 Å². The van der Waals surface area contributed by atoms with Gasteiger partial charge in [-0.2, -0.15) is 4.31 Å². The van der Waals surface area contributed by atoms with E-state index in [1.165, 1.54) is 5.56 Å². The molecule has 26 heavy (non-hydrogen) atoms. The number of sulfonamides is 1. The second-order valence-electron chi connectivity index (χ2n) is 7.19. The van der Waals surface area contributed by atoms with E-state index in [4.69, 9.17) is 9.72 Å². The van der Waals surface area contributed by atoms with Gasteiger partial charge in [0.1, 0.15) is 11.6 Å². The van der Waals surface area contributed by atoms with Crippen LogP contribution in [0.1, 0.15) is 36.3 Å². The Bertz CT molecular complexity index is 924. The van der Waals surface area contributed by atoms with Gasteiger partial charge in [-0.15, -0.1) is 0 Å². The SMILES string of the molecule is COc1ccc(S(=O)(=O)N2CCCC3(CCc4cnc(C)nc43)C2)cc1. The fourth-order valence-corrected chi connectivity index (χ4v) is 5.78. The summed E-state index contributed by atoms with van der Waals surface area (Å²) in [5, 5.41) is 0. The second-order valence-corrected chi connectivity index (χ2v) is 9.13.